The topological polar surface area (TPSA) is 52.7 Å². The average Bonchev–Trinajstić information content (AvgIpc) is 2.72. The van der Waals surface area contributed by atoms with Crippen molar-refractivity contribution in [1.29, 1.82) is 0 Å². The van der Waals surface area contributed by atoms with Crippen LogP contribution in [0, 0.1) is 20.8 Å². The fraction of sp³-hybridized carbons (Fsp3) is 0.417. The van der Waals surface area contributed by atoms with Crippen molar-refractivity contribution in [3.05, 3.63) is 63.7 Å². The summed E-state index contributed by atoms with van der Waals surface area (Å²) in [4.78, 5) is 29.0. The smallest absolute Gasteiger partial charge is 0.238 e. The molecule has 30 heavy (non-hydrogen) atoms. The third-order valence-electron chi connectivity index (χ3n) is 5.70. The Balaban J connectivity index is 1.43. The van der Waals surface area contributed by atoms with Crippen LogP contribution in [0.5, 0.6) is 0 Å². The lowest BCUT2D eigenvalue weighted by Gasteiger charge is -2.34. The van der Waals surface area contributed by atoms with Crippen molar-refractivity contribution in [3.63, 3.8) is 0 Å². The van der Waals surface area contributed by atoms with E-state index in [2.05, 4.69) is 10.2 Å². The van der Waals surface area contributed by atoms with Gasteiger partial charge in [-0.05, 0) is 55.5 Å². The second kappa shape index (κ2) is 10.1. The van der Waals surface area contributed by atoms with E-state index in [4.69, 9.17) is 11.6 Å². The van der Waals surface area contributed by atoms with E-state index < -0.39 is 0 Å². The SMILES string of the molecule is Cc1ccc(CCC(=O)N2CCN(CC(=O)Nc3c(C)cccc3C)CC2)cc1Cl. The molecular weight excluding hydrogens is 398 g/mol. The molecule has 0 saturated carbocycles. The van der Waals surface area contributed by atoms with E-state index in [1.807, 2.05) is 62.1 Å². The number of hydrogen-bond donors (Lipinski definition) is 1. The Bertz CT molecular complexity index is 900. The number of nitrogens with zero attached hydrogens (tertiary/aromatic N) is 2. The van der Waals surface area contributed by atoms with Crippen molar-refractivity contribution in [2.75, 3.05) is 38.0 Å². The van der Waals surface area contributed by atoms with Crippen LogP contribution in [0.15, 0.2) is 36.4 Å². The molecule has 0 unspecified atom stereocenters. The molecule has 0 spiro atoms. The van der Waals surface area contributed by atoms with Crippen molar-refractivity contribution < 1.29 is 9.59 Å². The van der Waals surface area contributed by atoms with Crippen LogP contribution in [0.4, 0.5) is 5.69 Å². The van der Waals surface area contributed by atoms with Crippen LogP contribution in [0.2, 0.25) is 5.02 Å². The summed E-state index contributed by atoms with van der Waals surface area (Å²) >= 11 is 6.17. The third-order valence-corrected chi connectivity index (χ3v) is 6.11. The van der Waals surface area contributed by atoms with Gasteiger partial charge in [-0.15, -0.1) is 0 Å². The van der Waals surface area contributed by atoms with Crippen LogP contribution in [0.3, 0.4) is 0 Å². The number of anilines is 1. The lowest BCUT2D eigenvalue weighted by Crippen LogP contribution is -2.50. The highest BCUT2D eigenvalue weighted by Crippen LogP contribution is 2.20. The van der Waals surface area contributed by atoms with E-state index in [1.54, 1.807) is 0 Å². The molecule has 3 rings (SSSR count). The van der Waals surface area contributed by atoms with Crippen molar-refractivity contribution in [1.82, 2.24) is 9.80 Å². The number of piperazine rings is 1. The predicted octanol–water partition coefficient (Wildman–Crippen LogP) is 3.98. The number of benzene rings is 2. The summed E-state index contributed by atoms with van der Waals surface area (Å²) in [6.45, 7) is 9.05. The van der Waals surface area contributed by atoms with Crippen LogP contribution in [-0.2, 0) is 16.0 Å². The molecule has 0 radical (unpaired) electrons. The van der Waals surface area contributed by atoms with E-state index in [0.29, 0.717) is 45.6 Å². The van der Waals surface area contributed by atoms with E-state index in [-0.39, 0.29) is 11.8 Å². The summed E-state index contributed by atoms with van der Waals surface area (Å²) in [6.07, 6.45) is 1.17. The number of halogens is 1. The summed E-state index contributed by atoms with van der Waals surface area (Å²) in [7, 11) is 0. The van der Waals surface area contributed by atoms with Gasteiger partial charge in [-0.1, -0.05) is 41.9 Å². The van der Waals surface area contributed by atoms with Crippen LogP contribution in [0.25, 0.3) is 0 Å². The van der Waals surface area contributed by atoms with Gasteiger partial charge >= 0.3 is 0 Å². The molecule has 6 heteroatoms. The molecular formula is C24H30ClN3O2. The van der Waals surface area contributed by atoms with Gasteiger partial charge < -0.3 is 10.2 Å². The third kappa shape index (κ3) is 5.83. The van der Waals surface area contributed by atoms with Gasteiger partial charge in [0.05, 0.1) is 6.54 Å². The van der Waals surface area contributed by atoms with Gasteiger partial charge in [0, 0.05) is 43.3 Å². The van der Waals surface area contributed by atoms with E-state index >= 15 is 0 Å². The minimum Gasteiger partial charge on any atom is -0.340 e. The molecule has 0 aliphatic carbocycles. The van der Waals surface area contributed by atoms with Crippen molar-refractivity contribution in [2.24, 2.45) is 0 Å². The van der Waals surface area contributed by atoms with Crippen LogP contribution in [0.1, 0.15) is 28.7 Å². The number of carbonyl (C=O) groups is 2. The quantitative estimate of drug-likeness (QED) is 0.758. The first kappa shape index (κ1) is 22.3. The Morgan fingerprint density at radius 1 is 0.967 bits per heavy atom. The Morgan fingerprint density at radius 3 is 2.27 bits per heavy atom. The molecule has 1 heterocycles. The first-order chi connectivity index (χ1) is 14.3. The molecule has 2 aromatic carbocycles. The number of amides is 2. The van der Waals surface area contributed by atoms with Crippen molar-refractivity contribution >= 4 is 29.1 Å². The summed E-state index contributed by atoms with van der Waals surface area (Å²) in [5.74, 6) is 0.148. The maximum atomic E-state index is 12.6. The molecule has 1 aliphatic heterocycles. The number of para-hydroxylation sites is 1. The minimum absolute atomic E-state index is 0.0107. The van der Waals surface area contributed by atoms with E-state index in [1.165, 1.54) is 0 Å². The van der Waals surface area contributed by atoms with Gasteiger partial charge in [0.1, 0.15) is 0 Å². The molecule has 0 atom stereocenters. The number of nitrogens with one attached hydrogen (secondary N) is 1. The highest BCUT2D eigenvalue weighted by Gasteiger charge is 2.22. The highest BCUT2D eigenvalue weighted by atomic mass is 35.5. The van der Waals surface area contributed by atoms with Gasteiger partial charge in [-0.3, -0.25) is 14.5 Å². The monoisotopic (exact) mass is 427 g/mol. The van der Waals surface area contributed by atoms with Gasteiger partial charge in [-0.2, -0.15) is 0 Å². The maximum absolute atomic E-state index is 12.6. The van der Waals surface area contributed by atoms with Crippen LogP contribution in [-0.4, -0.2) is 54.3 Å². The molecule has 0 aromatic heterocycles. The first-order valence-corrected chi connectivity index (χ1v) is 10.8. The Labute approximate surface area is 184 Å². The van der Waals surface area contributed by atoms with E-state index in [0.717, 1.165) is 33.0 Å². The zero-order valence-electron chi connectivity index (χ0n) is 18.0. The number of rotatable bonds is 6. The first-order valence-electron chi connectivity index (χ1n) is 10.4. The normalized spacial score (nSPS) is 14.6. The Hall–Kier alpha value is -2.37. The average molecular weight is 428 g/mol. The molecule has 1 saturated heterocycles. The second-order valence-corrected chi connectivity index (χ2v) is 8.46. The number of aryl methyl sites for hydroxylation is 4. The Kier molecular flexibility index (Phi) is 7.51. The van der Waals surface area contributed by atoms with Gasteiger partial charge in [0.15, 0.2) is 0 Å². The second-order valence-electron chi connectivity index (χ2n) is 8.06. The standard InChI is InChI=1S/C24H30ClN3O2/c1-17-7-8-20(15-21(17)25)9-10-23(30)28-13-11-27(12-14-28)16-22(29)26-24-18(2)5-4-6-19(24)3/h4-8,15H,9-14,16H2,1-3H3,(H,26,29). The lowest BCUT2D eigenvalue weighted by molar-refractivity contribution is -0.133. The summed E-state index contributed by atoms with van der Waals surface area (Å²) < 4.78 is 0. The van der Waals surface area contributed by atoms with Gasteiger partial charge in [0.25, 0.3) is 0 Å². The highest BCUT2D eigenvalue weighted by molar-refractivity contribution is 6.31. The van der Waals surface area contributed by atoms with Crippen LogP contribution >= 0.6 is 11.6 Å². The summed E-state index contributed by atoms with van der Waals surface area (Å²) in [6, 6.07) is 11.9. The zero-order valence-corrected chi connectivity index (χ0v) is 18.8. The maximum Gasteiger partial charge on any atom is 0.238 e. The van der Waals surface area contributed by atoms with Gasteiger partial charge in [0.2, 0.25) is 11.8 Å². The molecule has 1 fully saturated rings. The molecule has 2 amide bonds. The Morgan fingerprint density at radius 2 is 1.63 bits per heavy atom. The molecule has 1 aliphatic rings. The van der Waals surface area contributed by atoms with Gasteiger partial charge in [-0.25, -0.2) is 0 Å². The zero-order chi connectivity index (χ0) is 21.7. The number of hydrogen-bond acceptors (Lipinski definition) is 3. The summed E-state index contributed by atoms with van der Waals surface area (Å²) in [5.41, 5.74) is 5.15. The fourth-order valence-corrected chi connectivity index (χ4v) is 3.95. The minimum atomic E-state index is -0.0107. The van der Waals surface area contributed by atoms with Crippen molar-refractivity contribution in [2.45, 2.75) is 33.6 Å². The largest absolute Gasteiger partial charge is 0.340 e. The predicted molar refractivity (Wildman–Crippen MR) is 122 cm³/mol. The molecule has 160 valence electrons. The van der Waals surface area contributed by atoms with Crippen LogP contribution < -0.4 is 5.32 Å². The number of carbonyl (C=O) groups excluding carboxylic acids is 2. The van der Waals surface area contributed by atoms with Crippen molar-refractivity contribution in [3.8, 4) is 0 Å². The molecule has 0 bridgehead atoms. The van der Waals surface area contributed by atoms with E-state index in [9.17, 15) is 9.59 Å². The fourth-order valence-electron chi connectivity index (χ4n) is 3.75. The molecule has 2 aromatic rings. The molecule has 5 nitrogen and oxygen atoms in total. The lowest BCUT2D eigenvalue weighted by atomic mass is 10.1. The summed E-state index contributed by atoms with van der Waals surface area (Å²) in [5, 5.41) is 3.78. The molecule has 1 N–H and O–H groups in total.